The molecule has 5 atom stereocenters. The maximum absolute atomic E-state index is 6.26. The molecule has 7 heteroatoms. The summed E-state index contributed by atoms with van der Waals surface area (Å²) in [5.41, 5.74) is 2.14. The molecule has 0 aliphatic carbocycles. The molecule has 1 aromatic carbocycles. The van der Waals surface area contributed by atoms with Crippen LogP contribution in [0.25, 0.3) is 0 Å². The fourth-order valence-corrected chi connectivity index (χ4v) is 3.97. The van der Waals surface area contributed by atoms with Gasteiger partial charge in [-0.05, 0) is 38.8 Å². The van der Waals surface area contributed by atoms with Crippen LogP contribution in [-0.4, -0.2) is 48.9 Å². The summed E-state index contributed by atoms with van der Waals surface area (Å²) in [6.07, 6.45) is -1.64. The molecule has 27 heavy (non-hydrogen) atoms. The number of benzene rings is 1. The molecule has 0 amide bonds. The maximum atomic E-state index is 6.26. The fraction of sp³-hybridized carbons (Fsp3) is 0.700. The summed E-state index contributed by atoms with van der Waals surface area (Å²) < 4.78 is 36.1. The van der Waals surface area contributed by atoms with Gasteiger partial charge >= 0.3 is 0 Å². The predicted molar refractivity (Wildman–Crippen MR) is 98.2 cm³/mol. The summed E-state index contributed by atoms with van der Waals surface area (Å²) in [6.45, 7) is 8.44. The Morgan fingerprint density at radius 2 is 1.67 bits per heavy atom. The van der Waals surface area contributed by atoms with E-state index in [9.17, 15) is 0 Å². The van der Waals surface area contributed by atoms with E-state index in [1.807, 2.05) is 52.0 Å². The highest BCUT2D eigenvalue weighted by molar-refractivity contribution is 6.17. The average molecular weight is 399 g/mol. The SMILES string of the molecule is CC1(C)O[C@H]2O[C@H]([C@H]3COC(C)(C)O3)[C@H](OCc3ccc(CCl)cc3)[C@H]2O1. The smallest absolute Gasteiger partial charge is 0.190 e. The molecule has 1 aromatic rings. The van der Waals surface area contributed by atoms with Crippen molar-refractivity contribution in [2.75, 3.05) is 6.61 Å². The summed E-state index contributed by atoms with van der Waals surface area (Å²) >= 11 is 5.86. The van der Waals surface area contributed by atoms with E-state index in [4.69, 9.17) is 40.0 Å². The number of hydrogen-bond donors (Lipinski definition) is 0. The molecule has 4 rings (SSSR count). The second-order valence-electron chi connectivity index (χ2n) is 8.16. The van der Waals surface area contributed by atoms with Crippen molar-refractivity contribution in [2.45, 2.75) is 82.5 Å². The highest BCUT2D eigenvalue weighted by Crippen LogP contribution is 2.42. The molecular formula is C20H27ClO6. The number of alkyl halides is 1. The van der Waals surface area contributed by atoms with Gasteiger partial charge in [0.15, 0.2) is 17.9 Å². The largest absolute Gasteiger partial charge is 0.368 e. The number of rotatable bonds is 5. The number of fused-ring (bicyclic) bond motifs is 1. The Hall–Kier alpha value is -0.730. The van der Waals surface area contributed by atoms with E-state index in [0.717, 1.165) is 11.1 Å². The van der Waals surface area contributed by atoms with Gasteiger partial charge in [-0.1, -0.05) is 24.3 Å². The quantitative estimate of drug-likeness (QED) is 0.709. The molecule has 3 aliphatic heterocycles. The summed E-state index contributed by atoms with van der Waals surface area (Å²) in [4.78, 5) is 0. The second-order valence-corrected chi connectivity index (χ2v) is 8.43. The fourth-order valence-electron chi connectivity index (χ4n) is 3.79. The lowest BCUT2D eigenvalue weighted by Crippen LogP contribution is -2.44. The van der Waals surface area contributed by atoms with Crippen LogP contribution >= 0.6 is 11.6 Å². The first-order chi connectivity index (χ1) is 12.8. The zero-order valence-electron chi connectivity index (χ0n) is 16.1. The van der Waals surface area contributed by atoms with Crippen LogP contribution in [0.1, 0.15) is 38.8 Å². The average Bonchev–Trinajstić information content (AvgIpc) is 3.22. The third-order valence-electron chi connectivity index (χ3n) is 5.04. The van der Waals surface area contributed by atoms with Crippen molar-refractivity contribution in [1.82, 2.24) is 0 Å². The Morgan fingerprint density at radius 1 is 0.963 bits per heavy atom. The van der Waals surface area contributed by atoms with Gasteiger partial charge in [-0.3, -0.25) is 0 Å². The van der Waals surface area contributed by atoms with E-state index in [2.05, 4.69) is 0 Å². The van der Waals surface area contributed by atoms with E-state index in [-0.39, 0.29) is 24.4 Å². The zero-order chi connectivity index (χ0) is 19.2. The molecule has 0 bridgehead atoms. The minimum absolute atomic E-state index is 0.232. The second kappa shape index (κ2) is 7.26. The molecule has 0 aromatic heterocycles. The lowest BCUT2D eigenvalue weighted by atomic mass is 10.1. The third-order valence-corrected chi connectivity index (χ3v) is 5.35. The van der Waals surface area contributed by atoms with Gasteiger partial charge in [0.1, 0.15) is 24.4 Å². The molecule has 0 spiro atoms. The molecule has 0 unspecified atom stereocenters. The Morgan fingerprint density at radius 3 is 2.30 bits per heavy atom. The van der Waals surface area contributed by atoms with Gasteiger partial charge in [-0.15, -0.1) is 11.6 Å². The van der Waals surface area contributed by atoms with E-state index in [0.29, 0.717) is 19.1 Å². The van der Waals surface area contributed by atoms with Crippen LogP contribution in [0, 0.1) is 0 Å². The van der Waals surface area contributed by atoms with Crippen molar-refractivity contribution >= 4 is 11.6 Å². The predicted octanol–water partition coefficient (Wildman–Crippen LogP) is 3.34. The van der Waals surface area contributed by atoms with Crippen molar-refractivity contribution in [2.24, 2.45) is 0 Å². The molecule has 3 heterocycles. The van der Waals surface area contributed by atoms with Crippen molar-refractivity contribution in [3.05, 3.63) is 35.4 Å². The maximum Gasteiger partial charge on any atom is 0.190 e. The minimum Gasteiger partial charge on any atom is -0.368 e. The van der Waals surface area contributed by atoms with Gasteiger partial charge < -0.3 is 28.4 Å². The molecule has 0 N–H and O–H groups in total. The number of ether oxygens (including phenoxy) is 6. The van der Waals surface area contributed by atoms with Crippen LogP contribution in [0.15, 0.2) is 24.3 Å². The van der Waals surface area contributed by atoms with Gasteiger partial charge in [-0.25, -0.2) is 0 Å². The molecule has 0 radical (unpaired) electrons. The van der Waals surface area contributed by atoms with Gasteiger partial charge in [0.05, 0.1) is 13.2 Å². The normalized spacial score (nSPS) is 36.9. The van der Waals surface area contributed by atoms with E-state index >= 15 is 0 Å². The Balaban J connectivity index is 1.48. The molecule has 3 fully saturated rings. The minimum atomic E-state index is -0.698. The van der Waals surface area contributed by atoms with E-state index < -0.39 is 17.9 Å². The van der Waals surface area contributed by atoms with Gasteiger partial charge in [0.25, 0.3) is 0 Å². The first-order valence-corrected chi connectivity index (χ1v) is 9.88. The van der Waals surface area contributed by atoms with Crippen LogP contribution in [-0.2, 0) is 40.9 Å². The standard InChI is InChI=1S/C20H27ClO6/c1-19(2)23-11-14(25-19)15-16(17-18(24-15)27-20(3,4)26-17)22-10-13-7-5-12(9-21)6-8-13/h5-8,14-18H,9-11H2,1-4H3/t14-,15-,16+,17-,18-/m1/s1. The van der Waals surface area contributed by atoms with Crippen LogP contribution in [0.4, 0.5) is 0 Å². The summed E-state index contributed by atoms with van der Waals surface area (Å²) in [6, 6.07) is 8.06. The Kier molecular flexibility index (Phi) is 5.27. The lowest BCUT2D eigenvalue weighted by molar-refractivity contribution is -0.236. The van der Waals surface area contributed by atoms with Crippen molar-refractivity contribution < 1.29 is 28.4 Å². The van der Waals surface area contributed by atoms with Gasteiger partial charge in [-0.2, -0.15) is 0 Å². The molecule has 6 nitrogen and oxygen atoms in total. The number of hydrogen-bond acceptors (Lipinski definition) is 6. The molecule has 0 saturated carbocycles. The third kappa shape index (κ3) is 4.17. The van der Waals surface area contributed by atoms with Crippen molar-refractivity contribution in [3.63, 3.8) is 0 Å². The lowest BCUT2D eigenvalue weighted by Gasteiger charge is -2.29. The van der Waals surface area contributed by atoms with Crippen LogP contribution < -0.4 is 0 Å². The molecule has 150 valence electrons. The van der Waals surface area contributed by atoms with Gasteiger partial charge in [0, 0.05) is 5.88 Å². The van der Waals surface area contributed by atoms with Crippen LogP contribution in [0.5, 0.6) is 0 Å². The summed E-state index contributed by atoms with van der Waals surface area (Å²) in [5.74, 6) is -0.830. The first kappa shape index (κ1) is 19.6. The highest BCUT2D eigenvalue weighted by atomic mass is 35.5. The molecular weight excluding hydrogens is 372 g/mol. The Bertz CT molecular complexity index is 661. The Labute approximate surface area is 165 Å². The van der Waals surface area contributed by atoms with Crippen LogP contribution in [0.2, 0.25) is 0 Å². The van der Waals surface area contributed by atoms with E-state index in [1.54, 1.807) is 0 Å². The van der Waals surface area contributed by atoms with Crippen LogP contribution in [0.3, 0.4) is 0 Å². The number of halogens is 1. The van der Waals surface area contributed by atoms with Crippen molar-refractivity contribution in [1.29, 1.82) is 0 Å². The first-order valence-electron chi connectivity index (χ1n) is 9.35. The van der Waals surface area contributed by atoms with E-state index in [1.165, 1.54) is 0 Å². The molecule has 3 saturated heterocycles. The van der Waals surface area contributed by atoms with Gasteiger partial charge in [0.2, 0.25) is 0 Å². The van der Waals surface area contributed by atoms with Crippen molar-refractivity contribution in [3.8, 4) is 0 Å². The monoisotopic (exact) mass is 398 g/mol. The molecule has 3 aliphatic rings. The summed E-state index contributed by atoms with van der Waals surface area (Å²) in [5, 5.41) is 0. The highest BCUT2D eigenvalue weighted by Gasteiger charge is 2.58. The zero-order valence-corrected chi connectivity index (χ0v) is 16.9. The summed E-state index contributed by atoms with van der Waals surface area (Å²) in [7, 11) is 0. The topological polar surface area (TPSA) is 55.4 Å².